The van der Waals surface area contributed by atoms with Gasteiger partial charge in [-0.3, -0.25) is 0 Å². The van der Waals surface area contributed by atoms with Gasteiger partial charge in [-0.1, -0.05) is 20.8 Å². The number of hydrogen-bond donors (Lipinski definition) is 1. The van der Waals surface area contributed by atoms with Gasteiger partial charge >= 0.3 is 0 Å². The molecule has 0 aromatic rings. The summed E-state index contributed by atoms with van der Waals surface area (Å²) >= 11 is 2.21. The number of nitrogens with one attached hydrogen (secondary N) is 1. The van der Waals surface area contributed by atoms with Crippen LogP contribution in [0.25, 0.3) is 0 Å². The van der Waals surface area contributed by atoms with Crippen LogP contribution in [0.2, 0.25) is 0 Å². The van der Waals surface area contributed by atoms with E-state index in [2.05, 4.69) is 37.8 Å². The zero-order chi connectivity index (χ0) is 10.9. The highest BCUT2D eigenvalue weighted by atomic mass is 32.2. The molecular weight excluding hydrogens is 202 g/mol. The van der Waals surface area contributed by atoms with Crippen LogP contribution in [-0.4, -0.2) is 16.7 Å². The summed E-state index contributed by atoms with van der Waals surface area (Å²) in [6, 6.07) is 0. The van der Waals surface area contributed by atoms with Gasteiger partial charge in [0.1, 0.15) is 0 Å². The summed E-state index contributed by atoms with van der Waals surface area (Å²) in [6.45, 7) is 8.39. The molecule has 0 bridgehead atoms. The van der Waals surface area contributed by atoms with Crippen LogP contribution in [0, 0.1) is 11.8 Å². The smallest absolute Gasteiger partial charge is 0.0648 e. The van der Waals surface area contributed by atoms with Gasteiger partial charge in [0.05, 0.1) is 4.87 Å². The van der Waals surface area contributed by atoms with Crippen molar-refractivity contribution in [2.45, 2.75) is 63.0 Å². The van der Waals surface area contributed by atoms with Crippen LogP contribution in [0.5, 0.6) is 0 Å². The van der Waals surface area contributed by atoms with Gasteiger partial charge in [0, 0.05) is 5.25 Å². The zero-order valence-corrected chi connectivity index (χ0v) is 11.2. The Morgan fingerprint density at radius 2 is 1.87 bits per heavy atom. The predicted octanol–water partition coefficient (Wildman–Crippen LogP) is 3.64. The second kappa shape index (κ2) is 4.67. The molecule has 1 heterocycles. The Balaban J connectivity index is 1.90. The maximum atomic E-state index is 3.79. The fraction of sp³-hybridized carbons (Fsp3) is 1.00. The van der Waals surface area contributed by atoms with Crippen molar-refractivity contribution >= 4 is 11.8 Å². The highest BCUT2D eigenvalue weighted by Crippen LogP contribution is 2.45. The first-order chi connectivity index (χ1) is 7.11. The summed E-state index contributed by atoms with van der Waals surface area (Å²) in [6.07, 6.45) is 7.00. The molecule has 2 aliphatic rings. The molecule has 1 N–H and O–H groups in total. The molecule has 0 aromatic heterocycles. The molecule has 0 aromatic carbocycles. The van der Waals surface area contributed by atoms with Crippen LogP contribution in [-0.2, 0) is 0 Å². The molecule has 1 unspecified atom stereocenters. The standard InChI is InChI=1S/C13H25NS/c1-10(2)12-4-7-13(8-5-12)14-9-6-11(3)15-13/h10-12,14H,4-9H2,1-3H3. The molecule has 1 saturated heterocycles. The number of thioether (sulfide) groups is 1. The first kappa shape index (κ1) is 11.8. The molecule has 0 amide bonds. The Morgan fingerprint density at radius 3 is 2.40 bits per heavy atom. The fourth-order valence-electron chi connectivity index (χ4n) is 3.06. The Morgan fingerprint density at radius 1 is 1.20 bits per heavy atom. The van der Waals surface area contributed by atoms with Crippen LogP contribution in [0.3, 0.4) is 0 Å². The van der Waals surface area contributed by atoms with Crippen molar-refractivity contribution in [3.05, 3.63) is 0 Å². The molecule has 88 valence electrons. The number of hydrogen-bond acceptors (Lipinski definition) is 2. The molecule has 1 aliphatic carbocycles. The normalized spacial score (nSPS) is 42.4. The van der Waals surface area contributed by atoms with E-state index in [0.29, 0.717) is 4.87 Å². The Kier molecular flexibility index (Phi) is 3.67. The summed E-state index contributed by atoms with van der Waals surface area (Å²) in [5.41, 5.74) is 0. The third-order valence-corrected chi connectivity index (χ3v) is 5.85. The molecule has 1 spiro atoms. The SMILES string of the molecule is CC1CCNC2(CCC(C(C)C)CC2)S1. The molecule has 2 fully saturated rings. The lowest BCUT2D eigenvalue weighted by atomic mass is 9.79. The minimum Gasteiger partial charge on any atom is -0.303 e. The summed E-state index contributed by atoms with van der Waals surface area (Å²) in [5.74, 6) is 1.86. The van der Waals surface area contributed by atoms with E-state index in [1.54, 1.807) is 0 Å². The molecule has 1 aliphatic heterocycles. The number of rotatable bonds is 1. The molecule has 1 saturated carbocycles. The largest absolute Gasteiger partial charge is 0.303 e. The first-order valence-corrected chi connectivity index (χ1v) is 7.42. The minimum atomic E-state index is 0.461. The Hall–Kier alpha value is 0.310. The lowest BCUT2D eigenvalue weighted by Crippen LogP contribution is -2.50. The maximum Gasteiger partial charge on any atom is 0.0648 e. The quantitative estimate of drug-likeness (QED) is 0.734. The van der Waals surface area contributed by atoms with Gasteiger partial charge in [-0.05, 0) is 50.5 Å². The van der Waals surface area contributed by atoms with Gasteiger partial charge in [0.15, 0.2) is 0 Å². The van der Waals surface area contributed by atoms with E-state index in [4.69, 9.17) is 0 Å². The molecule has 2 rings (SSSR count). The summed E-state index contributed by atoms with van der Waals surface area (Å²) in [5, 5.41) is 4.65. The third kappa shape index (κ3) is 2.71. The van der Waals surface area contributed by atoms with Crippen molar-refractivity contribution in [2.24, 2.45) is 11.8 Å². The van der Waals surface area contributed by atoms with Crippen LogP contribution in [0.15, 0.2) is 0 Å². The summed E-state index contributed by atoms with van der Waals surface area (Å²) in [7, 11) is 0. The summed E-state index contributed by atoms with van der Waals surface area (Å²) < 4.78 is 0. The van der Waals surface area contributed by atoms with Crippen molar-refractivity contribution in [1.29, 1.82) is 0 Å². The monoisotopic (exact) mass is 227 g/mol. The van der Waals surface area contributed by atoms with Gasteiger partial charge in [-0.2, -0.15) is 0 Å². The molecule has 1 atom stereocenters. The third-order valence-electron chi connectivity index (χ3n) is 4.21. The highest BCUT2D eigenvalue weighted by molar-refractivity contribution is 8.01. The van der Waals surface area contributed by atoms with Crippen molar-refractivity contribution in [3.8, 4) is 0 Å². The van der Waals surface area contributed by atoms with E-state index in [1.165, 1.54) is 38.6 Å². The van der Waals surface area contributed by atoms with Crippen molar-refractivity contribution < 1.29 is 0 Å². The lowest BCUT2D eigenvalue weighted by molar-refractivity contribution is 0.217. The van der Waals surface area contributed by atoms with Gasteiger partial charge in [0.2, 0.25) is 0 Å². The van der Waals surface area contributed by atoms with Crippen LogP contribution in [0.4, 0.5) is 0 Å². The van der Waals surface area contributed by atoms with Gasteiger partial charge < -0.3 is 5.32 Å². The van der Waals surface area contributed by atoms with Crippen LogP contribution < -0.4 is 5.32 Å². The molecule has 0 radical (unpaired) electrons. The van der Waals surface area contributed by atoms with Gasteiger partial charge in [0.25, 0.3) is 0 Å². The van der Waals surface area contributed by atoms with Crippen molar-refractivity contribution in [3.63, 3.8) is 0 Å². The second-order valence-corrected chi connectivity index (χ2v) is 7.54. The highest BCUT2D eigenvalue weighted by Gasteiger charge is 2.39. The van der Waals surface area contributed by atoms with E-state index in [0.717, 1.165) is 17.1 Å². The zero-order valence-electron chi connectivity index (χ0n) is 10.4. The average Bonchev–Trinajstić information content (AvgIpc) is 2.18. The van der Waals surface area contributed by atoms with E-state index in [1.807, 2.05) is 0 Å². The topological polar surface area (TPSA) is 12.0 Å². The van der Waals surface area contributed by atoms with Crippen molar-refractivity contribution in [2.75, 3.05) is 6.54 Å². The average molecular weight is 227 g/mol. The Bertz CT molecular complexity index is 207. The van der Waals surface area contributed by atoms with Gasteiger partial charge in [-0.15, -0.1) is 11.8 Å². The van der Waals surface area contributed by atoms with E-state index in [9.17, 15) is 0 Å². The minimum absolute atomic E-state index is 0.461. The lowest BCUT2D eigenvalue weighted by Gasteiger charge is -2.45. The summed E-state index contributed by atoms with van der Waals surface area (Å²) in [4.78, 5) is 0.461. The van der Waals surface area contributed by atoms with Crippen molar-refractivity contribution in [1.82, 2.24) is 5.32 Å². The van der Waals surface area contributed by atoms with Crippen LogP contribution >= 0.6 is 11.8 Å². The van der Waals surface area contributed by atoms with Crippen LogP contribution in [0.1, 0.15) is 52.9 Å². The van der Waals surface area contributed by atoms with E-state index >= 15 is 0 Å². The predicted molar refractivity (Wildman–Crippen MR) is 69.2 cm³/mol. The van der Waals surface area contributed by atoms with Gasteiger partial charge in [-0.25, -0.2) is 0 Å². The molecule has 15 heavy (non-hydrogen) atoms. The van der Waals surface area contributed by atoms with E-state index in [-0.39, 0.29) is 0 Å². The maximum absolute atomic E-state index is 3.79. The fourth-order valence-corrected chi connectivity index (χ4v) is 4.72. The second-order valence-electron chi connectivity index (χ2n) is 5.72. The Labute approximate surface area is 98.8 Å². The molecule has 1 nitrogen and oxygen atoms in total. The first-order valence-electron chi connectivity index (χ1n) is 6.54. The van der Waals surface area contributed by atoms with E-state index < -0.39 is 0 Å². The molecule has 2 heteroatoms. The molecular formula is C13H25NS.